The molecule has 0 aliphatic carbocycles. The van der Waals surface area contributed by atoms with Crippen molar-refractivity contribution in [3.63, 3.8) is 0 Å². The molecule has 1 atom stereocenters. The third-order valence-corrected chi connectivity index (χ3v) is 7.57. The second kappa shape index (κ2) is 7.29. The molecule has 1 aromatic rings. The highest BCUT2D eigenvalue weighted by Crippen LogP contribution is 2.30. The molecule has 0 spiro atoms. The van der Waals surface area contributed by atoms with Crippen LogP contribution >= 0.6 is 22.9 Å². The first-order chi connectivity index (χ1) is 10.3. The molecule has 0 aromatic carbocycles. The van der Waals surface area contributed by atoms with E-state index >= 15 is 0 Å². The molecule has 2 rings (SSSR count). The fourth-order valence-electron chi connectivity index (χ4n) is 2.38. The van der Waals surface area contributed by atoms with E-state index in [9.17, 15) is 13.2 Å². The van der Waals surface area contributed by atoms with Crippen LogP contribution in [0.25, 0.3) is 0 Å². The lowest BCUT2D eigenvalue weighted by atomic mass is 9.97. The van der Waals surface area contributed by atoms with E-state index in [1.165, 1.54) is 10.4 Å². The van der Waals surface area contributed by atoms with Gasteiger partial charge < -0.3 is 5.32 Å². The molecule has 1 saturated heterocycles. The number of rotatable bonds is 5. The molecule has 8 heteroatoms. The van der Waals surface area contributed by atoms with Gasteiger partial charge in [0.1, 0.15) is 4.21 Å². The van der Waals surface area contributed by atoms with Crippen LogP contribution in [0.1, 0.15) is 33.1 Å². The van der Waals surface area contributed by atoms with Crippen molar-refractivity contribution < 1.29 is 13.2 Å². The zero-order valence-corrected chi connectivity index (χ0v) is 15.1. The molecule has 1 unspecified atom stereocenters. The minimum atomic E-state index is -3.48. The third kappa shape index (κ3) is 4.01. The van der Waals surface area contributed by atoms with Gasteiger partial charge in [-0.25, -0.2) is 8.42 Å². The van der Waals surface area contributed by atoms with Crippen LogP contribution in [0.3, 0.4) is 0 Å². The van der Waals surface area contributed by atoms with Crippen molar-refractivity contribution in [2.45, 2.75) is 43.4 Å². The van der Waals surface area contributed by atoms with Gasteiger partial charge in [0.15, 0.2) is 0 Å². The normalized spacial score (nSPS) is 19.0. The number of sulfonamides is 1. The number of amides is 1. The number of piperidine rings is 1. The van der Waals surface area contributed by atoms with Crippen LogP contribution in [0, 0.1) is 5.92 Å². The standard InChI is InChI=1S/C14H21ClN2O3S2/c1-3-10(2)16-14(18)11-6-8-17(9-7-11)22(19,20)13-5-4-12(15)21-13/h4-5,10-11H,3,6-9H2,1-2H3,(H,16,18). The van der Waals surface area contributed by atoms with E-state index in [4.69, 9.17) is 11.6 Å². The monoisotopic (exact) mass is 364 g/mol. The first-order valence-corrected chi connectivity index (χ1v) is 10.0. The molecular formula is C14H21ClN2O3S2. The summed E-state index contributed by atoms with van der Waals surface area (Å²) in [5.41, 5.74) is 0. The Morgan fingerprint density at radius 2 is 2.09 bits per heavy atom. The Balaban J connectivity index is 1.96. The van der Waals surface area contributed by atoms with E-state index in [1.807, 2.05) is 13.8 Å². The smallest absolute Gasteiger partial charge is 0.252 e. The molecule has 5 nitrogen and oxygen atoms in total. The summed E-state index contributed by atoms with van der Waals surface area (Å²) >= 11 is 6.88. The third-order valence-electron chi connectivity index (χ3n) is 3.97. The fraction of sp³-hybridized carbons (Fsp3) is 0.643. The zero-order valence-electron chi connectivity index (χ0n) is 12.7. The number of hydrogen-bond donors (Lipinski definition) is 1. The average molecular weight is 365 g/mol. The van der Waals surface area contributed by atoms with Crippen molar-refractivity contribution in [1.29, 1.82) is 0 Å². The highest BCUT2D eigenvalue weighted by atomic mass is 35.5. The molecule has 0 saturated carbocycles. The van der Waals surface area contributed by atoms with Gasteiger partial charge in [-0.1, -0.05) is 18.5 Å². The maximum Gasteiger partial charge on any atom is 0.252 e. The molecule has 1 fully saturated rings. The summed E-state index contributed by atoms with van der Waals surface area (Å²) in [6, 6.07) is 3.28. The lowest BCUT2D eigenvalue weighted by molar-refractivity contribution is -0.126. The Morgan fingerprint density at radius 1 is 1.45 bits per heavy atom. The molecule has 124 valence electrons. The van der Waals surface area contributed by atoms with Gasteiger partial charge in [0.05, 0.1) is 4.34 Å². The Morgan fingerprint density at radius 3 is 2.59 bits per heavy atom. The second-order valence-corrected chi connectivity index (χ2v) is 9.43. The fourth-order valence-corrected chi connectivity index (χ4v) is 5.49. The summed E-state index contributed by atoms with van der Waals surface area (Å²) in [4.78, 5) is 12.1. The second-order valence-electron chi connectivity index (χ2n) is 5.55. The lowest BCUT2D eigenvalue weighted by Gasteiger charge is -2.30. The Hall–Kier alpha value is -0.630. The quantitative estimate of drug-likeness (QED) is 0.873. The zero-order chi connectivity index (χ0) is 16.3. The SMILES string of the molecule is CCC(C)NC(=O)C1CCN(S(=O)(=O)c2ccc(Cl)s2)CC1. The lowest BCUT2D eigenvalue weighted by Crippen LogP contribution is -2.44. The highest BCUT2D eigenvalue weighted by molar-refractivity contribution is 7.91. The van der Waals surface area contributed by atoms with Gasteiger partial charge in [0.2, 0.25) is 5.91 Å². The molecule has 0 radical (unpaired) electrons. The van der Waals surface area contributed by atoms with Gasteiger partial charge in [-0.3, -0.25) is 4.79 Å². The number of hydrogen-bond acceptors (Lipinski definition) is 4. The summed E-state index contributed by atoms with van der Waals surface area (Å²) < 4.78 is 27.1. The molecule has 0 bridgehead atoms. The number of nitrogens with zero attached hydrogens (tertiary/aromatic N) is 1. The molecule has 1 amide bonds. The van der Waals surface area contributed by atoms with Gasteiger partial charge in [0.25, 0.3) is 10.0 Å². The molecule has 1 aliphatic heterocycles. The van der Waals surface area contributed by atoms with Crippen LogP contribution in [0.5, 0.6) is 0 Å². The molecule has 2 heterocycles. The topological polar surface area (TPSA) is 66.5 Å². The van der Waals surface area contributed by atoms with E-state index in [-0.39, 0.29) is 22.1 Å². The Kier molecular flexibility index (Phi) is 5.87. The summed E-state index contributed by atoms with van der Waals surface area (Å²) in [6.45, 7) is 4.73. The van der Waals surface area contributed by atoms with Crippen LogP contribution in [-0.2, 0) is 14.8 Å². The maximum absolute atomic E-state index is 12.5. The Bertz CT molecular complexity index is 622. The molecular weight excluding hydrogens is 344 g/mol. The molecule has 1 aliphatic rings. The van der Waals surface area contributed by atoms with Crippen LogP contribution < -0.4 is 5.32 Å². The summed E-state index contributed by atoms with van der Waals surface area (Å²) in [5, 5.41) is 2.97. The van der Waals surface area contributed by atoms with Crippen LogP contribution in [0.2, 0.25) is 4.34 Å². The van der Waals surface area contributed by atoms with E-state index in [2.05, 4.69) is 5.32 Å². The summed E-state index contributed by atoms with van der Waals surface area (Å²) in [5.74, 6) is -0.0714. The largest absolute Gasteiger partial charge is 0.353 e. The molecule has 22 heavy (non-hydrogen) atoms. The highest BCUT2D eigenvalue weighted by Gasteiger charge is 2.33. The number of halogens is 1. The van der Waals surface area contributed by atoms with E-state index in [1.54, 1.807) is 6.07 Å². The summed E-state index contributed by atoms with van der Waals surface area (Å²) in [6.07, 6.45) is 2.00. The number of carbonyl (C=O) groups excluding carboxylic acids is 1. The van der Waals surface area contributed by atoms with Crippen molar-refractivity contribution in [3.05, 3.63) is 16.5 Å². The minimum Gasteiger partial charge on any atom is -0.353 e. The van der Waals surface area contributed by atoms with E-state index in [0.29, 0.717) is 30.3 Å². The van der Waals surface area contributed by atoms with Crippen molar-refractivity contribution in [2.75, 3.05) is 13.1 Å². The maximum atomic E-state index is 12.5. The van der Waals surface area contributed by atoms with E-state index < -0.39 is 10.0 Å². The average Bonchev–Trinajstić information content (AvgIpc) is 2.94. The van der Waals surface area contributed by atoms with Gasteiger partial charge in [-0.05, 0) is 38.3 Å². The predicted molar refractivity (Wildman–Crippen MR) is 88.7 cm³/mol. The van der Waals surface area contributed by atoms with Crippen LogP contribution in [0.15, 0.2) is 16.3 Å². The van der Waals surface area contributed by atoms with Crippen LogP contribution in [0.4, 0.5) is 0 Å². The Labute approximate surface area is 140 Å². The van der Waals surface area contributed by atoms with Gasteiger partial charge in [-0.15, -0.1) is 11.3 Å². The first kappa shape index (κ1) is 17.7. The molecule has 1 N–H and O–H groups in total. The first-order valence-electron chi connectivity index (χ1n) is 7.40. The van der Waals surface area contributed by atoms with Crippen LogP contribution in [-0.4, -0.2) is 37.8 Å². The van der Waals surface area contributed by atoms with Crippen molar-refractivity contribution in [2.24, 2.45) is 5.92 Å². The van der Waals surface area contributed by atoms with Crippen molar-refractivity contribution in [3.8, 4) is 0 Å². The predicted octanol–water partition coefficient (Wildman–Crippen LogP) is 2.72. The molecule has 1 aromatic heterocycles. The van der Waals surface area contributed by atoms with E-state index in [0.717, 1.165) is 17.8 Å². The number of thiophene rings is 1. The number of nitrogens with one attached hydrogen (secondary N) is 1. The van der Waals surface area contributed by atoms with Crippen molar-refractivity contribution >= 4 is 38.9 Å². The van der Waals surface area contributed by atoms with Gasteiger partial charge >= 0.3 is 0 Å². The number of carbonyl (C=O) groups is 1. The van der Waals surface area contributed by atoms with Crippen molar-refractivity contribution in [1.82, 2.24) is 9.62 Å². The van der Waals surface area contributed by atoms with Gasteiger partial charge in [-0.2, -0.15) is 4.31 Å². The minimum absolute atomic E-state index is 0.0329. The van der Waals surface area contributed by atoms with Gasteiger partial charge in [0, 0.05) is 25.0 Å². The summed E-state index contributed by atoms with van der Waals surface area (Å²) in [7, 11) is -3.48.